The maximum Gasteiger partial charge on any atom is 0.254 e. The number of halogens is 2. The molecule has 2 aliphatic carbocycles. The minimum atomic E-state index is -1.19. The Labute approximate surface area is 231 Å². The summed E-state index contributed by atoms with van der Waals surface area (Å²) in [6.45, 7) is 5.64. The fourth-order valence-electron chi connectivity index (χ4n) is 5.81. The van der Waals surface area contributed by atoms with E-state index in [1.807, 2.05) is 33.1 Å². The van der Waals surface area contributed by atoms with Gasteiger partial charge in [0.25, 0.3) is 17.3 Å². The molecule has 2 heterocycles. The Hall–Kier alpha value is -2.23. The normalized spacial score (nSPS) is 25.6. The van der Waals surface area contributed by atoms with Crippen molar-refractivity contribution in [3.05, 3.63) is 49.9 Å². The van der Waals surface area contributed by atoms with Crippen molar-refractivity contribution in [1.82, 2.24) is 15.6 Å². The van der Waals surface area contributed by atoms with Crippen LogP contribution in [0.4, 0.5) is 4.39 Å². The highest BCUT2D eigenvalue weighted by Crippen LogP contribution is 2.51. The fraction of sp³-hybridized carbons (Fsp3) is 0.571. The molecule has 1 unspecified atom stereocenters. The zero-order valence-electron chi connectivity index (χ0n) is 22.3. The van der Waals surface area contributed by atoms with Gasteiger partial charge in [-0.15, -0.1) is 11.8 Å². The first-order chi connectivity index (χ1) is 18.0. The van der Waals surface area contributed by atoms with Gasteiger partial charge in [0.1, 0.15) is 0 Å². The van der Waals surface area contributed by atoms with Gasteiger partial charge in [0.2, 0.25) is 0 Å². The molecule has 1 amide bonds. The van der Waals surface area contributed by atoms with Gasteiger partial charge in [-0.25, -0.2) is 4.39 Å². The fourth-order valence-corrected chi connectivity index (χ4v) is 6.75. The maximum absolute atomic E-state index is 14.5. The lowest BCUT2D eigenvalue weighted by Crippen LogP contribution is -2.54. The SMILES string of the molecule is CSc1cc(C)[nH]c(=O)c1CNC(=O)c1cc(Cl)c2c(c1C)OC(C)(C1CCC(NC3(F)CCC3)CC1)O2. The molecule has 0 saturated heterocycles. The first-order valence-electron chi connectivity index (χ1n) is 13.2. The number of H-pyrrole nitrogens is 1. The van der Waals surface area contributed by atoms with Crippen molar-refractivity contribution < 1.29 is 18.7 Å². The van der Waals surface area contributed by atoms with E-state index in [2.05, 4.69) is 15.6 Å². The Bertz CT molecular complexity index is 1310. The number of hydrogen-bond acceptors (Lipinski definition) is 6. The second kappa shape index (κ2) is 10.4. The number of thioether (sulfide) groups is 1. The van der Waals surface area contributed by atoms with Crippen LogP contribution < -0.4 is 25.7 Å². The first-order valence-corrected chi connectivity index (χ1v) is 14.8. The Morgan fingerprint density at radius 3 is 2.50 bits per heavy atom. The summed E-state index contributed by atoms with van der Waals surface area (Å²) in [4.78, 5) is 29.3. The number of carbonyl (C=O) groups excluding carboxylic acids is 1. The molecule has 10 heteroatoms. The maximum atomic E-state index is 14.5. The highest BCUT2D eigenvalue weighted by molar-refractivity contribution is 7.98. The second-order valence-electron chi connectivity index (χ2n) is 10.9. The molecular formula is C28H35ClFN3O4S. The molecule has 2 saturated carbocycles. The molecule has 0 spiro atoms. The number of aromatic amines is 1. The molecule has 3 aliphatic rings. The van der Waals surface area contributed by atoms with E-state index in [1.54, 1.807) is 6.07 Å². The molecule has 1 atom stereocenters. The van der Waals surface area contributed by atoms with Gasteiger partial charge in [-0.05, 0) is 77.2 Å². The number of carbonyl (C=O) groups is 1. The van der Waals surface area contributed by atoms with Crippen molar-refractivity contribution in [2.24, 2.45) is 5.92 Å². The third-order valence-corrected chi connectivity index (χ3v) is 9.33. The van der Waals surface area contributed by atoms with Crippen molar-refractivity contribution in [3.63, 3.8) is 0 Å². The molecule has 2 fully saturated rings. The molecule has 0 radical (unpaired) electrons. The van der Waals surface area contributed by atoms with E-state index in [1.165, 1.54) is 11.8 Å². The molecule has 0 bridgehead atoms. The Kier molecular flexibility index (Phi) is 7.48. The van der Waals surface area contributed by atoms with Gasteiger partial charge in [-0.3, -0.25) is 14.9 Å². The van der Waals surface area contributed by atoms with Crippen LogP contribution in [0.3, 0.4) is 0 Å². The van der Waals surface area contributed by atoms with Gasteiger partial charge in [-0.1, -0.05) is 11.6 Å². The predicted octanol–water partition coefficient (Wildman–Crippen LogP) is 5.78. The van der Waals surface area contributed by atoms with E-state index < -0.39 is 11.6 Å². The summed E-state index contributed by atoms with van der Waals surface area (Å²) in [5.74, 6) is -1.43. The monoisotopic (exact) mass is 563 g/mol. The van der Waals surface area contributed by atoms with Crippen molar-refractivity contribution in [1.29, 1.82) is 0 Å². The van der Waals surface area contributed by atoms with E-state index in [0.29, 0.717) is 46.1 Å². The number of ether oxygens (including phenoxy) is 2. The topological polar surface area (TPSA) is 92.5 Å². The van der Waals surface area contributed by atoms with Gasteiger partial charge < -0.3 is 19.8 Å². The number of pyridine rings is 1. The zero-order chi connectivity index (χ0) is 27.2. The van der Waals surface area contributed by atoms with Crippen molar-refractivity contribution in [2.45, 2.75) is 94.8 Å². The van der Waals surface area contributed by atoms with Crippen molar-refractivity contribution >= 4 is 29.3 Å². The van der Waals surface area contributed by atoms with Crippen molar-refractivity contribution in [3.8, 4) is 11.5 Å². The quantitative estimate of drug-likeness (QED) is 0.292. The minimum absolute atomic E-state index is 0.0886. The molecule has 1 aromatic carbocycles. The molecule has 38 heavy (non-hydrogen) atoms. The molecular weight excluding hydrogens is 529 g/mol. The number of nitrogens with one attached hydrogen (secondary N) is 3. The van der Waals surface area contributed by atoms with E-state index in [4.69, 9.17) is 21.1 Å². The Balaban J connectivity index is 1.28. The Morgan fingerprint density at radius 1 is 1.18 bits per heavy atom. The summed E-state index contributed by atoms with van der Waals surface area (Å²) in [6.07, 6.45) is 7.42. The molecule has 5 rings (SSSR count). The summed E-state index contributed by atoms with van der Waals surface area (Å²) in [7, 11) is 0. The number of amides is 1. The smallest absolute Gasteiger partial charge is 0.254 e. The van der Waals surface area contributed by atoms with Crippen LogP contribution >= 0.6 is 23.4 Å². The second-order valence-corrected chi connectivity index (χ2v) is 12.2. The largest absolute Gasteiger partial charge is 0.448 e. The summed E-state index contributed by atoms with van der Waals surface area (Å²) < 4.78 is 27.2. The molecule has 1 aliphatic heterocycles. The number of alkyl halides is 1. The van der Waals surface area contributed by atoms with E-state index in [-0.39, 0.29) is 30.0 Å². The number of fused-ring (bicyclic) bond motifs is 1. The third kappa shape index (κ3) is 5.17. The third-order valence-electron chi connectivity index (χ3n) is 8.25. The standard InChI is InChI=1S/C28H35ClFN3O4S/c1-15-12-22(38-4)20(26(35)32-15)14-31-25(34)19-13-21(29)24-23(16(19)2)36-27(3,37-24)17-6-8-18(9-7-17)33-28(30)10-5-11-28/h12-13,17-18,33H,5-11,14H2,1-4H3,(H,31,34)(H,32,35). The summed E-state index contributed by atoms with van der Waals surface area (Å²) in [5.41, 5.74) is 2.07. The number of hydrogen-bond donors (Lipinski definition) is 3. The van der Waals surface area contributed by atoms with Gasteiger partial charge in [-0.2, -0.15) is 0 Å². The predicted molar refractivity (Wildman–Crippen MR) is 147 cm³/mol. The lowest BCUT2D eigenvalue weighted by molar-refractivity contribution is -0.123. The molecule has 7 nitrogen and oxygen atoms in total. The number of benzene rings is 1. The number of aromatic nitrogens is 1. The van der Waals surface area contributed by atoms with Crippen LogP contribution in [0.1, 0.15) is 79.0 Å². The lowest BCUT2D eigenvalue weighted by atomic mass is 9.80. The highest BCUT2D eigenvalue weighted by atomic mass is 35.5. The summed E-state index contributed by atoms with van der Waals surface area (Å²) >= 11 is 8.05. The van der Waals surface area contributed by atoms with Crippen LogP contribution in [0.15, 0.2) is 21.8 Å². The molecule has 206 valence electrons. The molecule has 2 aromatic rings. The van der Waals surface area contributed by atoms with Gasteiger partial charge in [0.15, 0.2) is 17.3 Å². The first kappa shape index (κ1) is 27.3. The van der Waals surface area contributed by atoms with Crippen LogP contribution in [0, 0.1) is 19.8 Å². The van der Waals surface area contributed by atoms with Crippen molar-refractivity contribution in [2.75, 3.05) is 6.26 Å². The molecule has 1 aromatic heterocycles. The highest BCUT2D eigenvalue weighted by Gasteiger charge is 2.48. The van der Waals surface area contributed by atoms with Crippen LogP contribution in [-0.2, 0) is 6.54 Å². The van der Waals surface area contributed by atoms with E-state index in [9.17, 15) is 14.0 Å². The summed E-state index contributed by atoms with van der Waals surface area (Å²) in [6, 6.07) is 3.65. The number of rotatable bonds is 7. The van der Waals surface area contributed by atoms with Gasteiger partial charge in [0, 0.05) is 52.7 Å². The van der Waals surface area contributed by atoms with E-state index in [0.717, 1.165) is 42.7 Å². The summed E-state index contributed by atoms with van der Waals surface area (Å²) in [5, 5.41) is 6.38. The van der Waals surface area contributed by atoms with Gasteiger partial charge in [0.05, 0.1) is 5.02 Å². The van der Waals surface area contributed by atoms with Crippen LogP contribution in [0.5, 0.6) is 11.5 Å². The number of aryl methyl sites for hydroxylation is 1. The molecule has 3 N–H and O–H groups in total. The van der Waals surface area contributed by atoms with Crippen LogP contribution in [-0.4, -0.2) is 34.8 Å². The lowest BCUT2D eigenvalue weighted by Gasteiger charge is -2.42. The average molecular weight is 564 g/mol. The Morgan fingerprint density at radius 2 is 1.87 bits per heavy atom. The average Bonchev–Trinajstić information content (AvgIpc) is 3.24. The van der Waals surface area contributed by atoms with Crippen LogP contribution in [0.25, 0.3) is 0 Å². The minimum Gasteiger partial charge on any atom is -0.448 e. The van der Waals surface area contributed by atoms with E-state index >= 15 is 0 Å². The van der Waals surface area contributed by atoms with Crippen LogP contribution in [0.2, 0.25) is 5.02 Å². The van der Waals surface area contributed by atoms with Gasteiger partial charge >= 0.3 is 0 Å². The zero-order valence-corrected chi connectivity index (χ0v) is 23.8.